The third kappa shape index (κ3) is 8.18. The first-order valence-electron chi connectivity index (χ1n) is 19.6. The molecule has 4 nitrogen and oxygen atoms in total. The minimum atomic E-state index is 0. The van der Waals surface area contributed by atoms with Gasteiger partial charge in [0.2, 0.25) is 6.67 Å². The SMILES string of the molecule is CC(C)c1cccc(C(C)C)c1N1[C]N(c2c(C(C)C)cccc2C(C)C)C=C1.CCCCC1=[C-]CN=C(C23CC4CC(CC(C4)C2)C3)O1.[Au+]. The fourth-order valence-corrected chi connectivity index (χ4v) is 9.65. The van der Waals surface area contributed by atoms with E-state index in [4.69, 9.17) is 9.73 Å². The zero-order chi connectivity index (χ0) is 34.9. The number of ether oxygens (including phenoxy) is 1. The van der Waals surface area contributed by atoms with Gasteiger partial charge in [0.05, 0.1) is 11.4 Å². The van der Waals surface area contributed by atoms with E-state index < -0.39 is 0 Å². The standard InChI is InChI=1S/C27H36N2.C18H26NO.Au/c1-18(2)22-11-9-12-23(19(3)4)26(22)28-15-16-29(17-28)27-24(20(5)6)13-10-14-25(27)21(7)8;1-2-3-4-16-5-6-19-17(20-16)18-10-13-7-14(11-18)9-15(8-13)12-18;/h9-16,18-21H,1-8H3;13-15H,2-4,6-12H2,1H3;/q;-1;+1. The molecule has 0 N–H and O–H groups in total. The Kier molecular flexibility index (Phi) is 12.9. The van der Waals surface area contributed by atoms with Gasteiger partial charge in [-0.05, 0) is 115 Å². The fourth-order valence-electron chi connectivity index (χ4n) is 9.65. The van der Waals surface area contributed by atoms with Crippen molar-refractivity contribution in [2.45, 2.75) is 144 Å². The van der Waals surface area contributed by atoms with Gasteiger partial charge in [0.15, 0.2) is 5.90 Å². The Morgan fingerprint density at radius 2 is 1.16 bits per heavy atom. The summed E-state index contributed by atoms with van der Waals surface area (Å²) in [6.07, 6.45) is 19.6. The van der Waals surface area contributed by atoms with Crippen LogP contribution < -0.4 is 9.80 Å². The summed E-state index contributed by atoms with van der Waals surface area (Å²) in [5.41, 5.74) is 8.36. The van der Waals surface area contributed by atoms with Gasteiger partial charge in [0.1, 0.15) is 0 Å². The quantitative estimate of drug-likeness (QED) is 0.176. The van der Waals surface area contributed by atoms with E-state index in [1.54, 1.807) is 0 Å². The molecule has 4 aliphatic carbocycles. The van der Waals surface area contributed by atoms with Crippen molar-refractivity contribution in [2.75, 3.05) is 16.3 Å². The number of hydrogen-bond acceptors (Lipinski definition) is 4. The topological polar surface area (TPSA) is 28.1 Å². The van der Waals surface area contributed by atoms with Crippen LogP contribution in [-0.4, -0.2) is 12.4 Å². The molecule has 4 saturated carbocycles. The molecule has 2 heterocycles. The van der Waals surface area contributed by atoms with Crippen LogP contribution in [0.4, 0.5) is 11.4 Å². The Morgan fingerprint density at radius 1 is 0.740 bits per heavy atom. The molecule has 4 fully saturated rings. The third-order valence-electron chi connectivity index (χ3n) is 11.7. The zero-order valence-electron chi connectivity index (χ0n) is 32.3. The van der Waals surface area contributed by atoms with E-state index >= 15 is 0 Å². The number of rotatable bonds is 10. The predicted molar refractivity (Wildman–Crippen MR) is 207 cm³/mol. The fraction of sp³-hybridized carbons (Fsp3) is 0.600. The van der Waals surface area contributed by atoms with E-state index in [1.165, 1.54) is 85.0 Å². The van der Waals surface area contributed by atoms with Gasteiger partial charge in [-0.3, -0.25) is 4.99 Å². The average molecular weight is 858 g/mol. The van der Waals surface area contributed by atoms with Crippen LogP contribution >= 0.6 is 0 Å². The van der Waals surface area contributed by atoms with Crippen molar-refractivity contribution in [3.63, 3.8) is 0 Å². The van der Waals surface area contributed by atoms with Gasteiger partial charge in [-0.1, -0.05) is 117 Å². The molecule has 50 heavy (non-hydrogen) atoms. The maximum Gasteiger partial charge on any atom is 1.00 e. The molecular formula is C45H62AuN3O. The molecule has 4 bridgehead atoms. The number of anilines is 2. The predicted octanol–water partition coefficient (Wildman–Crippen LogP) is 12.5. The van der Waals surface area contributed by atoms with E-state index in [0.717, 1.165) is 42.4 Å². The Balaban J connectivity index is 0.000000202. The van der Waals surface area contributed by atoms with E-state index in [-0.39, 0.29) is 22.4 Å². The molecule has 2 aliphatic heterocycles. The number of para-hydroxylation sites is 2. The van der Waals surface area contributed by atoms with Crippen molar-refractivity contribution in [3.05, 3.63) is 89.6 Å². The molecule has 0 saturated heterocycles. The van der Waals surface area contributed by atoms with Crippen molar-refractivity contribution in [3.8, 4) is 0 Å². The van der Waals surface area contributed by atoms with Gasteiger partial charge in [-0.25, -0.2) is 0 Å². The van der Waals surface area contributed by atoms with Gasteiger partial charge < -0.3 is 20.6 Å². The third-order valence-corrected chi connectivity index (χ3v) is 11.7. The van der Waals surface area contributed by atoms with Crippen molar-refractivity contribution >= 4 is 17.3 Å². The minimum Gasteiger partial charge on any atom is -0.484 e. The molecule has 5 heteroatoms. The second-order valence-electron chi connectivity index (χ2n) is 17.0. The number of nitrogens with zero attached hydrogens (tertiary/aromatic N) is 3. The molecule has 6 aliphatic rings. The Labute approximate surface area is 320 Å². The maximum atomic E-state index is 6.23. The molecule has 8 rings (SSSR count). The smallest absolute Gasteiger partial charge is 0.484 e. The molecule has 0 spiro atoms. The first-order valence-corrected chi connectivity index (χ1v) is 19.6. The van der Waals surface area contributed by atoms with Gasteiger partial charge in [-0.15, -0.1) is 0 Å². The van der Waals surface area contributed by atoms with E-state index in [0.29, 0.717) is 29.1 Å². The molecule has 0 atom stereocenters. The summed E-state index contributed by atoms with van der Waals surface area (Å²) in [7, 11) is 0. The average Bonchev–Trinajstić information content (AvgIpc) is 3.56. The number of unbranched alkanes of at least 4 members (excludes halogenated alkanes) is 1. The summed E-state index contributed by atoms with van der Waals surface area (Å²) in [5, 5.41) is 0. The van der Waals surface area contributed by atoms with Gasteiger partial charge >= 0.3 is 22.4 Å². The molecule has 2 aromatic rings. The van der Waals surface area contributed by atoms with Crippen LogP contribution in [0.25, 0.3) is 0 Å². The van der Waals surface area contributed by atoms with E-state index in [9.17, 15) is 0 Å². The zero-order valence-corrected chi connectivity index (χ0v) is 34.4. The van der Waals surface area contributed by atoms with Crippen molar-refractivity contribution in [1.29, 1.82) is 0 Å². The monoisotopic (exact) mass is 857 g/mol. The first-order chi connectivity index (χ1) is 23.5. The summed E-state index contributed by atoms with van der Waals surface area (Å²) >= 11 is 0. The van der Waals surface area contributed by atoms with Crippen LogP contribution in [0.15, 0.2) is 59.5 Å². The number of benzene rings is 2. The van der Waals surface area contributed by atoms with Gasteiger partial charge in [-0.2, -0.15) is 0 Å². The largest absolute Gasteiger partial charge is 1.00 e. The van der Waals surface area contributed by atoms with Crippen molar-refractivity contribution in [1.82, 2.24) is 0 Å². The van der Waals surface area contributed by atoms with Crippen LogP contribution in [0, 0.1) is 35.9 Å². The summed E-state index contributed by atoms with van der Waals surface area (Å²) in [4.78, 5) is 9.14. The van der Waals surface area contributed by atoms with Crippen LogP contribution in [0.3, 0.4) is 0 Å². The van der Waals surface area contributed by atoms with Crippen LogP contribution in [0.1, 0.15) is 166 Å². The van der Waals surface area contributed by atoms with Gasteiger partial charge in [0, 0.05) is 17.8 Å². The van der Waals surface area contributed by atoms with Crippen molar-refractivity contribution in [2.24, 2.45) is 28.2 Å². The van der Waals surface area contributed by atoms with Crippen LogP contribution in [0.2, 0.25) is 0 Å². The second kappa shape index (κ2) is 16.6. The summed E-state index contributed by atoms with van der Waals surface area (Å²) in [6.45, 7) is 24.8. The molecule has 0 aromatic heterocycles. The van der Waals surface area contributed by atoms with Crippen molar-refractivity contribution < 1.29 is 27.1 Å². The first kappa shape index (κ1) is 38.9. The van der Waals surface area contributed by atoms with E-state index in [2.05, 4.69) is 134 Å². The number of aliphatic imine (C=N–C) groups is 1. The normalized spacial score (nSPS) is 25.2. The molecule has 0 amide bonds. The summed E-state index contributed by atoms with van der Waals surface area (Å²) < 4.78 is 6.23. The molecule has 274 valence electrons. The molecule has 2 aromatic carbocycles. The Bertz CT molecular complexity index is 1390. The van der Waals surface area contributed by atoms with Crippen LogP contribution in [-0.2, 0) is 27.1 Å². The Morgan fingerprint density at radius 3 is 1.54 bits per heavy atom. The van der Waals surface area contributed by atoms with Gasteiger partial charge in [0.25, 0.3) is 0 Å². The molecular weight excluding hydrogens is 795 g/mol. The maximum absolute atomic E-state index is 6.23. The minimum absolute atomic E-state index is 0. The molecule has 2 radical (unpaired) electrons. The van der Waals surface area contributed by atoms with E-state index in [1.807, 2.05) is 0 Å². The van der Waals surface area contributed by atoms with Crippen LogP contribution in [0.5, 0.6) is 0 Å². The summed E-state index contributed by atoms with van der Waals surface area (Å²) in [5.74, 6) is 6.90. The second-order valence-corrected chi connectivity index (χ2v) is 17.0. The summed E-state index contributed by atoms with van der Waals surface area (Å²) in [6, 6.07) is 13.4. The Hall–Kier alpha value is -2.27. The number of hydrogen-bond donors (Lipinski definition) is 0. The molecule has 0 unspecified atom stereocenters. The number of allylic oxidation sites excluding steroid dienone is 1.